The van der Waals surface area contributed by atoms with E-state index in [0.717, 1.165) is 11.1 Å². The number of halogens is 1. The normalized spacial score (nSPS) is 16.9. The number of nitrogens with zero attached hydrogens (tertiary/aromatic N) is 2. The van der Waals surface area contributed by atoms with E-state index in [4.69, 9.17) is 0 Å². The summed E-state index contributed by atoms with van der Waals surface area (Å²) in [4.78, 5) is 12.2. The minimum absolute atomic E-state index is 0.127. The number of hydrogen-bond acceptors (Lipinski definition) is 3. The minimum atomic E-state index is -0.322. The maximum Gasteiger partial charge on any atom is 0.246 e. The number of anilines is 1. The van der Waals surface area contributed by atoms with E-state index in [-0.39, 0.29) is 17.8 Å². The molecule has 0 radical (unpaired) electrons. The second-order valence-electron chi connectivity index (χ2n) is 5.27. The Morgan fingerprint density at radius 1 is 1.55 bits per heavy atom. The van der Waals surface area contributed by atoms with Gasteiger partial charge in [-0.2, -0.15) is 5.10 Å². The summed E-state index contributed by atoms with van der Waals surface area (Å²) in [6, 6.07) is 6.03. The fourth-order valence-electron chi connectivity index (χ4n) is 2.41. The molecule has 0 bridgehead atoms. The molecule has 0 saturated heterocycles. The first-order valence-electron chi connectivity index (χ1n) is 7.11. The lowest BCUT2D eigenvalue weighted by atomic mass is 10.2. The van der Waals surface area contributed by atoms with Crippen LogP contribution in [0.3, 0.4) is 0 Å². The first-order chi connectivity index (χ1) is 10.6. The Kier molecular flexibility index (Phi) is 4.02. The second-order valence-corrected chi connectivity index (χ2v) is 5.27. The predicted molar refractivity (Wildman–Crippen MR) is 82.0 cm³/mol. The molecule has 22 heavy (non-hydrogen) atoms. The van der Waals surface area contributed by atoms with Crippen LogP contribution in [0.15, 0.2) is 42.6 Å². The van der Waals surface area contributed by atoms with E-state index < -0.39 is 0 Å². The van der Waals surface area contributed by atoms with Gasteiger partial charge in [0.15, 0.2) is 0 Å². The molecule has 1 unspecified atom stereocenters. The van der Waals surface area contributed by atoms with E-state index in [1.54, 1.807) is 16.9 Å². The highest BCUT2D eigenvalue weighted by atomic mass is 19.1. The highest BCUT2D eigenvalue weighted by molar-refractivity contribution is 5.96. The number of carbonyl (C=O) groups is 1. The van der Waals surface area contributed by atoms with Gasteiger partial charge in [-0.15, -0.1) is 0 Å². The third-order valence-electron chi connectivity index (χ3n) is 3.55. The van der Waals surface area contributed by atoms with Crippen molar-refractivity contribution in [1.29, 1.82) is 0 Å². The lowest BCUT2D eigenvalue weighted by Gasteiger charge is -2.13. The van der Waals surface area contributed by atoms with Gasteiger partial charge in [0.25, 0.3) is 0 Å². The SMILES string of the molecule is Cc1cnn(Cc2cccc(F)c2)c1NC(=O)C1C=CCN1. The fraction of sp³-hybridized carbons (Fsp3) is 0.250. The van der Waals surface area contributed by atoms with Gasteiger partial charge in [-0.3, -0.25) is 10.1 Å². The van der Waals surface area contributed by atoms with Crippen LogP contribution in [0.4, 0.5) is 10.2 Å². The standard InChI is InChI=1S/C16H17FN4O/c1-11-9-19-21(10-12-4-2-5-13(17)8-12)15(11)20-16(22)14-6-3-7-18-14/h2-6,8-9,14,18H,7,10H2,1H3,(H,20,22). The molecule has 1 aliphatic heterocycles. The van der Waals surface area contributed by atoms with Crippen LogP contribution in [0.2, 0.25) is 0 Å². The predicted octanol–water partition coefficient (Wildman–Crippen LogP) is 1.85. The van der Waals surface area contributed by atoms with E-state index in [1.165, 1.54) is 12.1 Å². The van der Waals surface area contributed by atoms with Crippen LogP contribution in [0, 0.1) is 12.7 Å². The molecule has 6 heteroatoms. The number of aromatic nitrogens is 2. The quantitative estimate of drug-likeness (QED) is 0.847. The summed E-state index contributed by atoms with van der Waals surface area (Å²) < 4.78 is 14.9. The zero-order valence-corrected chi connectivity index (χ0v) is 12.2. The highest BCUT2D eigenvalue weighted by Gasteiger charge is 2.20. The molecular formula is C16H17FN4O. The van der Waals surface area contributed by atoms with E-state index in [0.29, 0.717) is 18.9 Å². The van der Waals surface area contributed by atoms with Crippen LogP contribution in [-0.4, -0.2) is 28.3 Å². The molecule has 0 spiro atoms. The maximum absolute atomic E-state index is 13.3. The van der Waals surface area contributed by atoms with Crippen molar-refractivity contribution >= 4 is 11.7 Å². The summed E-state index contributed by atoms with van der Waals surface area (Å²) in [7, 11) is 0. The Balaban J connectivity index is 1.78. The van der Waals surface area contributed by atoms with Crippen molar-refractivity contribution in [3.05, 3.63) is 59.6 Å². The Hall–Kier alpha value is -2.47. The van der Waals surface area contributed by atoms with Crippen molar-refractivity contribution in [3.63, 3.8) is 0 Å². The van der Waals surface area contributed by atoms with Crippen LogP contribution in [-0.2, 0) is 11.3 Å². The Bertz CT molecular complexity index is 723. The molecule has 0 aliphatic carbocycles. The minimum Gasteiger partial charge on any atom is -0.309 e. The summed E-state index contributed by atoms with van der Waals surface area (Å²) in [6.45, 7) is 2.97. The summed E-state index contributed by atoms with van der Waals surface area (Å²) in [5.41, 5.74) is 1.66. The molecule has 2 heterocycles. The molecule has 2 aromatic rings. The number of nitrogens with one attached hydrogen (secondary N) is 2. The number of rotatable bonds is 4. The Labute approximate surface area is 127 Å². The van der Waals surface area contributed by atoms with Gasteiger partial charge in [-0.25, -0.2) is 9.07 Å². The lowest BCUT2D eigenvalue weighted by Crippen LogP contribution is -2.36. The summed E-state index contributed by atoms with van der Waals surface area (Å²) >= 11 is 0. The number of carbonyl (C=O) groups excluding carboxylic acids is 1. The first-order valence-corrected chi connectivity index (χ1v) is 7.11. The molecule has 5 nitrogen and oxygen atoms in total. The summed E-state index contributed by atoms with van der Waals surface area (Å²) in [5.74, 6) is 0.224. The molecule has 1 atom stereocenters. The van der Waals surface area contributed by atoms with Crippen molar-refractivity contribution in [2.45, 2.75) is 19.5 Å². The topological polar surface area (TPSA) is 59.0 Å². The monoisotopic (exact) mass is 300 g/mol. The van der Waals surface area contributed by atoms with E-state index >= 15 is 0 Å². The van der Waals surface area contributed by atoms with Gasteiger partial charge in [-0.1, -0.05) is 24.3 Å². The molecule has 1 amide bonds. The van der Waals surface area contributed by atoms with E-state index in [9.17, 15) is 9.18 Å². The third-order valence-corrected chi connectivity index (χ3v) is 3.55. The molecule has 2 N–H and O–H groups in total. The number of aryl methyl sites for hydroxylation is 1. The highest BCUT2D eigenvalue weighted by Crippen LogP contribution is 2.17. The van der Waals surface area contributed by atoms with Crippen LogP contribution < -0.4 is 10.6 Å². The zero-order valence-electron chi connectivity index (χ0n) is 12.2. The Morgan fingerprint density at radius 2 is 2.41 bits per heavy atom. The third kappa shape index (κ3) is 3.07. The first kappa shape index (κ1) is 14.5. The van der Waals surface area contributed by atoms with Crippen molar-refractivity contribution in [2.75, 3.05) is 11.9 Å². The lowest BCUT2D eigenvalue weighted by molar-refractivity contribution is -0.117. The zero-order chi connectivity index (χ0) is 15.5. The average molecular weight is 300 g/mol. The van der Waals surface area contributed by atoms with Crippen molar-refractivity contribution in [1.82, 2.24) is 15.1 Å². The molecule has 1 aromatic carbocycles. The summed E-state index contributed by atoms with van der Waals surface area (Å²) in [5, 5.41) is 10.2. The number of benzene rings is 1. The molecule has 0 fully saturated rings. The summed E-state index contributed by atoms with van der Waals surface area (Å²) in [6.07, 6.45) is 5.44. The van der Waals surface area contributed by atoms with Crippen molar-refractivity contribution in [3.8, 4) is 0 Å². The maximum atomic E-state index is 13.3. The molecule has 1 aliphatic rings. The van der Waals surface area contributed by atoms with E-state index in [2.05, 4.69) is 15.7 Å². The average Bonchev–Trinajstić information content (AvgIpc) is 3.12. The van der Waals surface area contributed by atoms with Gasteiger partial charge in [0.1, 0.15) is 17.7 Å². The van der Waals surface area contributed by atoms with Crippen LogP contribution in [0.5, 0.6) is 0 Å². The van der Waals surface area contributed by atoms with Crippen molar-refractivity contribution in [2.24, 2.45) is 0 Å². The van der Waals surface area contributed by atoms with Crippen LogP contribution in [0.1, 0.15) is 11.1 Å². The largest absolute Gasteiger partial charge is 0.309 e. The molecule has 3 rings (SSSR count). The van der Waals surface area contributed by atoms with Gasteiger partial charge in [0.05, 0.1) is 12.7 Å². The fourth-order valence-corrected chi connectivity index (χ4v) is 2.41. The van der Waals surface area contributed by atoms with Gasteiger partial charge < -0.3 is 5.32 Å². The molecule has 0 saturated carbocycles. The van der Waals surface area contributed by atoms with Crippen molar-refractivity contribution < 1.29 is 9.18 Å². The van der Waals surface area contributed by atoms with E-state index in [1.807, 2.05) is 25.1 Å². The van der Waals surface area contributed by atoms with Gasteiger partial charge >= 0.3 is 0 Å². The molecule has 114 valence electrons. The van der Waals surface area contributed by atoms with Crippen LogP contribution >= 0.6 is 0 Å². The van der Waals surface area contributed by atoms with Crippen LogP contribution in [0.25, 0.3) is 0 Å². The van der Waals surface area contributed by atoms with Gasteiger partial charge in [0.2, 0.25) is 5.91 Å². The van der Waals surface area contributed by atoms with Gasteiger partial charge in [0, 0.05) is 12.1 Å². The Morgan fingerprint density at radius 3 is 3.14 bits per heavy atom. The molecule has 1 aromatic heterocycles. The molecular weight excluding hydrogens is 283 g/mol. The van der Waals surface area contributed by atoms with Gasteiger partial charge in [-0.05, 0) is 24.6 Å². The smallest absolute Gasteiger partial charge is 0.246 e. The number of amides is 1. The number of hydrogen-bond donors (Lipinski definition) is 2. The second kappa shape index (κ2) is 6.11.